The Hall–Kier alpha value is -2.47. The van der Waals surface area contributed by atoms with Crippen molar-refractivity contribution in [1.29, 1.82) is 0 Å². The molecule has 0 aliphatic carbocycles. The maximum absolute atomic E-state index is 13.4. The van der Waals surface area contributed by atoms with E-state index in [2.05, 4.69) is 5.32 Å². The average Bonchev–Trinajstić information content (AvgIpc) is 2.99. The van der Waals surface area contributed by atoms with E-state index in [-0.39, 0.29) is 24.8 Å². The predicted molar refractivity (Wildman–Crippen MR) is 94.8 cm³/mol. The SMILES string of the molecule is CC(NC(=O)C1CC(=O)N(c2ccccc2Cl)C1)c1ccc(F)c(F)c1. The molecule has 2 aromatic rings. The Kier molecular flexibility index (Phi) is 5.23. The minimum Gasteiger partial charge on any atom is -0.349 e. The van der Waals surface area contributed by atoms with Gasteiger partial charge >= 0.3 is 0 Å². The molecule has 0 aromatic heterocycles. The topological polar surface area (TPSA) is 49.4 Å². The number of benzene rings is 2. The first-order valence-electron chi connectivity index (χ1n) is 8.17. The van der Waals surface area contributed by atoms with E-state index in [0.717, 1.165) is 12.1 Å². The fourth-order valence-electron chi connectivity index (χ4n) is 2.98. The molecule has 2 atom stereocenters. The van der Waals surface area contributed by atoms with Crippen molar-refractivity contribution >= 4 is 29.1 Å². The fourth-order valence-corrected chi connectivity index (χ4v) is 3.22. The van der Waals surface area contributed by atoms with Crippen molar-refractivity contribution in [3.05, 3.63) is 64.7 Å². The summed E-state index contributed by atoms with van der Waals surface area (Å²) in [6, 6.07) is 9.92. The Morgan fingerprint density at radius 2 is 1.96 bits per heavy atom. The molecule has 136 valence electrons. The van der Waals surface area contributed by atoms with E-state index in [4.69, 9.17) is 11.6 Å². The zero-order chi connectivity index (χ0) is 18.8. The number of hydrogen-bond donors (Lipinski definition) is 1. The Balaban J connectivity index is 1.68. The van der Waals surface area contributed by atoms with Gasteiger partial charge in [0.25, 0.3) is 0 Å². The molecule has 4 nitrogen and oxygen atoms in total. The van der Waals surface area contributed by atoms with Crippen LogP contribution < -0.4 is 10.2 Å². The van der Waals surface area contributed by atoms with E-state index >= 15 is 0 Å². The van der Waals surface area contributed by atoms with E-state index in [1.54, 1.807) is 31.2 Å². The molecular formula is C19H17ClF2N2O2. The number of carbonyl (C=O) groups excluding carboxylic acids is 2. The highest BCUT2D eigenvalue weighted by Crippen LogP contribution is 2.31. The molecule has 0 radical (unpaired) electrons. The van der Waals surface area contributed by atoms with Gasteiger partial charge in [0.15, 0.2) is 11.6 Å². The standard InChI is InChI=1S/C19H17ClF2N2O2/c1-11(12-6-7-15(21)16(22)8-12)23-19(26)13-9-18(25)24(10-13)17-5-3-2-4-14(17)20/h2-8,11,13H,9-10H2,1H3,(H,23,26). The maximum Gasteiger partial charge on any atom is 0.227 e. The van der Waals surface area contributed by atoms with Gasteiger partial charge in [-0.25, -0.2) is 8.78 Å². The van der Waals surface area contributed by atoms with Gasteiger partial charge in [0.1, 0.15) is 0 Å². The largest absolute Gasteiger partial charge is 0.349 e. The molecule has 1 aliphatic heterocycles. The Morgan fingerprint density at radius 3 is 2.65 bits per heavy atom. The summed E-state index contributed by atoms with van der Waals surface area (Å²) in [5, 5.41) is 3.19. The lowest BCUT2D eigenvalue weighted by Crippen LogP contribution is -2.34. The smallest absolute Gasteiger partial charge is 0.227 e. The van der Waals surface area contributed by atoms with Gasteiger partial charge < -0.3 is 10.2 Å². The summed E-state index contributed by atoms with van der Waals surface area (Å²) in [4.78, 5) is 26.3. The summed E-state index contributed by atoms with van der Waals surface area (Å²) in [5.74, 6) is -2.94. The lowest BCUT2D eigenvalue weighted by Gasteiger charge is -2.19. The summed E-state index contributed by atoms with van der Waals surface area (Å²) in [5.41, 5.74) is 1.02. The predicted octanol–water partition coefficient (Wildman–Crippen LogP) is 3.85. The van der Waals surface area contributed by atoms with Crippen LogP contribution in [0.3, 0.4) is 0 Å². The maximum atomic E-state index is 13.4. The molecular weight excluding hydrogens is 362 g/mol. The highest BCUT2D eigenvalue weighted by Gasteiger charge is 2.36. The molecule has 1 N–H and O–H groups in total. The first-order chi connectivity index (χ1) is 12.4. The summed E-state index contributed by atoms with van der Waals surface area (Å²) in [6.07, 6.45) is 0.0710. The van der Waals surface area contributed by atoms with Crippen molar-refractivity contribution in [2.45, 2.75) is 19.4 Å². The number of nitrogens with zero attached hydrogens (tertiary/aromatic N) is 1. The summed E-state index contributed by atoms with van der Waals surface area (Å²) >= 11 is 6.13. The van der Waals surface area contributed by atoms with Crippen LogP contribution in [0.5, 0.6) is 0 Å². The van der Waals surface area contributed by atoms with Crippen LogP contribution in [-0.2, 0) is 9.59 Å². The van der Waals surface area contributed by atoms with E-state index in [9.17, 15) is 18.4 Å². The van der Waals surface area contributed by atoms with Crippen molar-refractivity contribution < 1.29 is 18.4 Å². The van der Waals surface area contributed by atoms with Crippen LogP contribution in [-0.4, -0.2) is 18.4 Å². The van der Waals surface area contributed by atoms with E-state index in [1.807, 2.05) is 0 Å². The van der Waals surface area contributed by atoms with Crippen molar-refractivity contribution in [3.63, 3.8) is 0 Å². The lowest BCUT2D eigenvalue weighted by atomic mass is 10.0. The Morgan fingerprint density at radius 1 is 1.23 bits per heavy atom. The average molecular weight is 379 g/mol. The van der Waals surface area contributed by atoms with E-state index in [1.165, 1.54) is 11.0 Å². The number of nitrogens with one attached hydrogen (secondary N) is 1. The van der Waals surface area contributed by atoms with Crippen LogP contribution in [0.2, 0.25) is 5.02 Å². The molecule has 0 spiro atoms. The number of para-hydroxylation sites is 1. The van der Waals surface area contributed by atoms with Crippen LogP contribution in [0.25, 0.3) is 0 Å². The minimum atomic E-state index is -0.968. The van der Waals surface area contributed by atoms with Gasteiger partial charge in [-0.15, -0.1) is 0 Å². The van der Waals surface area contributed by atoms with Gasteiger partial charge in [0.2, 0.25) is 11.8 Å². The highest BCUT2D eigenvalue weighted by molar-refractivity contribution is 6.33. The molecule has 26 heavy (non-hydrogen) atoms. The zero-order valence-electron chi connectivity index (χ0n) is 14.0. The summed E-state index contributed by atoms with van der Waals surface area (Å²) < 4.78 is 26.4. The monoisotopic (exact) mass is 378 g/mol. The van der Waals surface area contributed by atoms with Gasteiger partial charge in [0, 0.05) is 13.0 Å². The van der Waals surface area contributed by atoms with E-state index in [0.29, 0.717) is 16.3 Å². The third-order valence-electron chi connectivity index (χ3n) is 4.44. The van der Waals surface area contributed by atoms with Crippen molar-refractivity contribution in [2.24, 2.45) is 5.92 Å². The molecule has 1 fully saturated rings. The van der Waals surface area contributed by atoms with Crippen molar-refractivity contribution in [3.8, 4) is 0 Å². The minimum absolute atomic E-state index is 0.0710. The van der Waals surface area contributed by atoms with Gasteiger partial charge in [-0.2, -0.15) is 0 Å². The molecule has 0 saturated carbocycles. The molecule has 1 aliphatic rings. The molecule has 7 heteroatoms. The zero-order valence-corrected chi connectivity index (χ0v) is 14.8. The second-order valence-corrected chi connectivity index (χ2v) is 6.67. The van der Waals surface area contributed by atoms with E-state index < -0.39 is 23.6 Å². The van der Waals surface area contributed by atoms with Crippen molar-refractivity contribution in [1.82, 2.24) is 5.32 Å². The van der Waals surface area contributed by atoms with Crippen LogP contribution >= 0.6 is 11.6 Å². The molecule has 0 bridgehead atoms. The first-order valence-corrected chi connectivity index (χ1v) is 8.55. The number of carbonyl (C=O) groups is 2. The van der Waals surface area contributed by atoms with Crippen LogP contribution in [0.4, 0.5) is 14.5 Å². The second-order valence-electron chi connectivity index (χ2n) is 6.26. The molecule has 2 aromatic carbocycles. The molecule has 3 rings (SSSR count). The Labute approximate surface area is 154 Å². The normalized spacial score (nSPS) is 18.1. The number of amides is 2. The quantitative estimate of drug-likeness (QED) is 0.878. The Bertz CT molecular complexity index is 859. The summed E-state index contributed by atoms with van der Waals surface area (Å²) in [7, 11) is 0. The van der Waals surface area contributed by atoms with Crippen LogP contribution in [0.15, 0.2) is 42.5 Å². The molecule has 1 heterocycles. The molecule has 1 saturated heterocycles. The highest BCUT2D eigenvalue weighted by atomic mass is 35.5. The molecule has 2 amide bonds. The van der Waals surface area contributed by atoms with Gasteiger partial charge in [-0.3, -0.25) is 9.59 Å². The lowest BCUT2D eigenvalue weighted by molar-refractivity contribution is -0.126. The number of hydrogen-bond acceptors (Lipinski definition) is 2. The second kappa shape index (κ2) is 7.41. The number of rotatable bonds is 4. The van der Waals surface area contributed by atoms with Gasteiger partial charge in [-0.05, 0) is 36.8 Å². The van der Waals surface area contributed by atoms with Crippen LogP contribution in [0.1, 0.15) is 24.9 Å². The number of halogens is 3. The van der Waals surface area contributed by atoms with Gasteiger partial charge in [-0.1, -0.05) is 29.8 Å². The summed E-state index contributed by atoms with van der Waals surface area (Å²) in [6.45, 7) is 1.89. The molecule has 2 unspecified atom stereocenters. The number of anilines is 1. The van der Waals surface area contributed by atoms with Crippen molar-refractivity contribution in [2.75, 3.05) is 11.4 Å². The van der Waals surface area contributed by atoms with Crippen LogP contribution in [0, 0.1) is 17.6 Å². The third kappa shape index (κ3) is 3.70. The third-order valence-corrected chi connectivity index (χ3v) is 4.76. The first kappa shape index (κ1) is 18.3. The fraction of sp³-hybridized carbons (Fsp3) is 0.263. The van der Waals surface area contributed by atoms with Gasteiger partial charge in [0.05, 0.1) is 22.7 Å².